The fraction of sp³-hybridized carbons (Fsp3) is 0.316. The van der Waals surface area contributed by atoms with Gasteiger partial charge in [0.05, 0.1) is 0 Å². The third-order valence-electron chi connectivity index (χ3n) is 4.56. The molecule has 0 spiro atoms. The number of nitrogens with zero attached hydrogens (tertiary/aromatic N) is 2. The predicted molar refractivity (Wildman–Crippen MR) is 102 cm³/mol. The van der Waals surface area contributed by atoms with E-state index in [0.717, 1.165) is 13.1 Å². The van der Waals surface area contributed by atoms with Crippen molar-refractivity contribution in [2.24, 2.45) is 0 Å². The van der Waals surface area contributed by atoms with Crippen molar-refractivity contribution in [3.63, 3.8) is 0 Å². The summed E-state index contributed by atoms with van der Waals surface area (Å²) in [5.74, 6) is -0.354. The molecule has 2 aromatic rings. The molecule has 1 N–H and O–H groups in total. The third kappa shape index (κ3) is 4.42. The van der Waals surface area contributed by atoms with E-state index in [1.165, 1.54) is 28.9 Å². The second-order valence-corrected chi connectivity index (χ2v) is 6.13. The number of piperazine rings is 1. The Balaban J connectivity index is 0.00000225. The maximum absolute atomic E-state index is 13.2. The van der Waals surface area contributed by atoms with Crippen molar-refractivity contribution in [1.29, 1.82) is 0 Å². The Bertz CT molecular complexity index is 745. The Morgan fingerprint density at radius 1 is 1.04 bits per heavy atom. The molecule has 1 saturated heterocycles. The van der Waals surface area contributed by atoms with Crippen molar-refractivity contribution in [2.75, 3.05) is 36.4 Å². The summed E-state index contributed by atoms with van der Waals surface area (Å²) >= 11 is 0. The van der Waals surface area contributed by atoms with Crippen LogP contribution in [0, 0.1) is 19.7 Å². The zero-order valence-electron chi connectivity index (χ0n) is 14.5. The molecule has 0 aliphatic carbocycles. The van der Waals surface area contributed by atoms with Crippen LogP contribution in [-0.4, -0.2) is 37.1 Å². The largest absolute Gasteiger partial charge is 0.368 e. The lowest BCUT2D eigenvalue weighted by Crippen LogP contribution is -2.50. The minimum Gasteiger partial charge on any atom is -0.368 e. The van der Waals surface area contributed by atoms with Crippen LogP contribution in [0.4, 0.5) is 20.6 Å². The van der Waals surface area contributed by atoms with Crippen molar-refractivity contribution >= 4 is 29.8 Å². The van der Waals surface area contributed by atoms with Gasteiger partial charge in [-0.3, -0.25) is 0 Å². The van der Waals surface area contributed by atoms with Crippen molar-refractivity contribution in [3.05, 3.63) is 59.4 Å². The van der Waals surface area contributed by atoms with Crippen LogP contribution in [0.2, 0.25) is 0 Å². The summed E-state index contributed by atoms with van der Waals surface area (Å²) in [5, 5.41) is 2.76. The minimum atomic E-state index is -0.354. The zero-order valence-corrected chi connectivity index (χ0v) is 15.3. The summed E-state index contributed by atoms with van der Waals surface area (Å²) in [6.45, 7) is 7.13. The Labute approximate surface area is 154 Å². The summed E-state index contributed by atoms with van der Waals surface area (Å²) in [4.78, 5) is 16.4. The number of nitrogens with one attached hydrogen (secondary N) is 1. The number of hydrogen-bond donors (Lipinski definition) is 1. The second kappa shape index (κ2) is 8.21. The van der Waals surface area contributed by atoms with Gasteiger partial charge < -0.3 is 15.1 Å². The summed E-state index contributed by atoms with van der Waals surface area (Å²) < 4.78 is 13.2. The number of benzene rings is 2. The molecule has 4 nitrogen and oxygen atoms in total. The maximum atomic E-state index is 13.2. The van der Waals surface area contributed by atoms with Gasteiger partial charge in [-0.25, -0.2) is 9.18 Å². The zero-order chi connectivity index (χ0) is 17.1. The first kappa shape index (κ1) is 19.1. The van der Waals surface area contributed by atoms with E-state index >= 15 is 0 Å². The van der Waals surface area contributed by atoms with Crippen LogP contribution in [0.25, 0.3) is 0 Å². The normalized spacial score (nSPS) is 14.0. The molecule has 1 fully saturated rings. The first-order valence-corrected chi connectivity index (χ1v) is 8.17. The third-order valence-corrected chi connectivity index (χ3v) is 4.56. The number of anilines is 2. The molecule has 1 aliphatic rings. The molecule has 0 radical (unpaired) electrons. The van der Waals surface area contributed by atoms with Gasteiger partial charge in [0.25, 0.3) is 0 Å². The predicted octanol–water partition coefficient (Wildman–Crippen LogP) is 4.22. The lowest BCUT2D eigenvalue weighted by molar-refractivity contribution is 0.208. The average molecular weight is 364 g/mol. The monoisotopic (exact) mass is 363 g/mol. The second-order valence-electron chi connectivity index (χ2n) is 6.13. The van der Waals surface area contributed by atoms with E-state index in [1.54, 1.807) is 17.0 Å². The van der Waals surface area contributed by atoms with Gasteiger partial charge in [0.1, 0.15) is 5.82 Å². The molecule has 1 heterocycles. The topological polar surface area (TPSA) is 35.6 Å². The molecule has 2 aromatic carbocycles. The number of carbonyl (C=O) groups is 1. The highest BCUT2D eigenvalue weighted by Crippen LogP contribution is 2.24. The summed E-state index contributed by atoms with van der Waals surface area (Å²) in [6.07, 6.45) is 0. The number of carbonyl (C=O) groups excluding carboxylic acids is 1. The van der Waals surface area contributed by atoms with Crippen molar-refractivity contribution in [3.8, 4) is 0 Å². The number of amides is 2. The number of rotatable bonds is 2. The van der Waals surface area contributed by atoms with Gasteiger partial charge >= 0.3 is 6.03 Å². The molecule has 2 amide bonds. The summed E-state index contributed by atoms with van der Waals surface area (Å²) in [7, 11) is 0. The highest BCUT2D eigenvalue weighted by atomic mass is 35.5. The Kier molecular flexibility index (Phi) is 6.26. The fourth-order valence-corrected chi connectivity index (χ4v) is 3.00. The fourth-order valence-electron chi connectivity index (χ4n) is 3.00. The SMILES string of the molecule is Cc1cccc(N2CCN(C(=O)Nc3cccc(F)c3)CC2)c1C.Cl. The summed E-state index contributed by atoms with van der Waals surface area (Å²) in [5.41, 5.74) is 4.28. The molecule has 134 valence electrons. The van der Waals surface area contributed by atoms with Crippen LogP contribution < -0.4 is 10.2 Å². The lowest BCUT2D eigenvalue weighted by Gasteiger charge is -2.37. The van der Waals surface area contributed by atoms with Gasteiger partial charge in [0.15, 0.2) is 0 Å². The molecule has 25 heavy (non-hydrogen) atoms. The Morgan fingerprint density at radius 3 is 2.40 bits per heavy atom. The van der Waals surface area contributed by atoms with Crippen molar-refractivity contribution < 1.29 is 9.18 Å². The Hall–Kier alpha value is -2.27. The van der Waals surface area contributed by atoms with Gasteiger partial charge in [0, 0.05) is 37.6 Å². The molecule has 6 heteroatoms. The number of urea groups is 1. The smallest absolute Gasteiger partial charge is 0.321 e. The van der Waals surface area contributed by atoms with E-state index in [9.17, 15) is 9.18 Å². The van der Waals surface area contributed by atoms with E-state index < -0.39 is 0 Å². The van der Waals surface area contributed by atoms with Crippen LogP contribution in [0.5, 0.6) is 0 Å². The van der Waals surface area contributed by atoms with Gasteiger partial charge in [-0.15, -0.1) is 12.4 Å². The van der Waals surface area contributed by atoms with E-state index in [2.05, 4.69) is 42.3 Å². The first-order valence-electron chi connectivity index (χ1n) is 8.17. The Morgan fingerprint density at radius 2 is 1.72 bits per heavy atom. The molecule has 0 saturated carbocycles. The standard InChI is InChI=1S/C19H22FN3O.ClH/c1-14-5-3-8-18(15(14)2)22-9-11-23(12-10-22)19(24)21-17-7-4-6-16(20)13-17;/h3-8,13H,9-12H2,1-2H3,(H,21,24);1H. The van der Waals surface area contributed by atoms with E-state index in [4.69, 9.17) is 0 Å². The highest BCUT2D eigenvalue weighted by Gasteiger charge is 2.22. The average Bonchev–Trinajstić information content (AvgIpc) is 2.57. The van der Waals surface area contributed by atoms with Gasteiger partial charge in [0.2, 0.25) is 0 Å². The van der Waals surface area contributed by atoms with Gasteiger partial charge in [-0.2, -0.15) is 0 Å². The van der Waals surface area contributed by atoms with Crippen LogP contribution >= 0.6 is 12.4 Å². The van der Waals surface area contributed by atoms with Crippen LogP contribution in [0.3, 0.4) is 0 Å². The van der Waals surface area contributed by atoms with Gasteiger partial charge in [-0.05, 0) is 49.2 Å². The van der Waals surface area contributed by atoms with E-state index in [0.29, 0.717) is 18.8 Å². The number of hydrogen-bond acceptors (Lipinski definition) is 2. The van der Waals surface area contributed by atoms with Crippen molar-refractivity contribution in [1.82, 2.24) is 4.90 Å². The minimum absolute atomic E-state index is 0. The first-order chi connectivity index (χ1) is 11.5. The van der Waals surface area contributed by atoms with E-state index in [1.807, 2.05) is 0 Å². The highest BCUT2D eigenvalue weighted by molar-refractivity contribution is 5.89. The lowest BCUT2D eigenvalue weighted by atomic mass is 10.1. The molecule has 0 atom stereocenters. The number of aryl methyl sites for hydroxylation is 1. The molecule has 1 aliphatic heterocycles. The summed E-state index contributed by atoms with van der Waals surface area (Å²) in [6, 6.07) is 12.1. The molecular weight excluding hydrogens is 341 g/mol. The molecule has 0 bridgehead atoms. The molecular formula is C19H23ClFN3O. The van der Waals surface area contributed by atoms with Crippen LogP contribution in [0.15, 0.2) is 42.5 Å². The molecule has 3 rings (SSSR count). The van der Waals surface area contributed by atoms with Crippen molar-refractivity contribution in [2.45, 2.75) is 13.8 Å². The molecule has 0 unspecified atom stereocenters. The van der Waals surface area contributed by atoms with Crippen LogP contribution in [0.1, 0.15) is 11.1 Å². The quantitative estimate of drug-likeness (QED) is 0.867. The number of halogens is 2. The van der Waals surface area contributed by atoms with Gasteiger partial charge in [-0.1, -0.05) is 18.2 Å². The molecule has 0 aromatic heterocycles. The van der Waals surface area contributed by atoms with E-state index in [-0.39, 0.29) is 24.3 Å². The maximum Gasteiger partial charge on any atom is 0.321 e. The van der Waals surface area contributed by atoms with Crippen LogP contribution in [-0.2, 0) is 0 Å².